The smallest absolute Gasteiger partial charge is 0.309 e. The van der Waals surface area contributed by atoms with E-state index in [0.717, 1.165) is 101 Å². The van der Waals surface area contributed by atoms with Crippen LogP contribution in [-0.2, 0) is 19.1 Å². The van der Waals surface area contributed by atoms with Crippen molar-refractivity contribution in [2.75, 3.05) is 6.54 Å². The predicted molar refractivity (Wildman–Crippen MR) is 234 cm³/mol. The van der Waals surface area contributed by atoms with Gasteiger partial charge in [-0.2, -0.15) is 5.26 Å². The third-order valence-electron chi connectivity index (χ3n) is 20.3. The Bertz CT molecular complexity index is 2170. The highest BCUT2D eigenvalue weighted by Crippen LogP contribution is 2.78. The number of nitrogens with one attached hydrogen (secondary N) is 1. The third kappa shape index (κ3) is 5.94. The number of carboxylic acid groups (broad SMARTS) is 1. The number of H-pyrrole nitrogens is 1. The summed E-state index contributed by atoms with van der Waals surface area (Å²) < 4.78 is 6.47. The molecule has 2 heterocycles. The van der Waals surface area contributed by atoms with Crippen LogP contribution in [-0.4, -0.2) is 50.5 Å². The molecule has 0 radical (unpaired) electrons. The summed E-state index contributed by atoms with van der Waals surface area (Å²) in [6, 6.07) is 9.70. The van der Waals surface area contributed by atoms with E-state index in [2.05, 4.69) is 64.1 Å². The molecule has 7 fully saturated rings. The number of aromatic amines is 1. The SMILES string of the molecule is C=C(C)[C@@H]1CC[C@]2(C(=O)N3CCC[C@@H]3c3ncc(-c4ccc(C#N)cc4)[nH]3)CC[C@]3(C)[C@H](CC[C@@H]4[C@@]5(C)CC[C@H](OC(=O)[C@H]6C[C@@H](C(=O)O)C6(C)C)C(C)(C)[C@@H]5CC[C@]43C)[C@@H]12. The molecule has 2 N–H and O–H groups in total. The molecule has 0 unspecified atom stereocenters. The van der Waals surface area contributed by atoms with Crippen LogP contribution in [0.25, 0.3) is 11.3 Å². The molecule has 1 aromatic carbocycles. The fourth-order valence-corrected chi connectivity index (χ4v) is 16.6. The number of hydrogen-bond donors (Lipinski definition) is 2. The quantitative estimate of drug-likeness (QED) is 0.209. The molecule has 0 bridgehead atoms. The standard InChI is InChI=1S/C52H70N4O5/c1-30(2)33-18-23-52(46(60)56-26-10-11-38(56)43-54-29-37(55-43)32-14-12-31(28-53)13-15-32)25-24-50(8)34(42(33)52)16-17-40-49(7)21-20-41(48(5,6)39(49)19-22-51(40,50)9)61-45(59)36-27-35(44(57)58)47(36,3)4/h12-15,29,33-36,38-42H,1,10-11,16-27H2,2-9H3,(H,54,55)(H,57,58)/t33-,34+,35-,36+,38+,39-,40+,41-,42+,49-,50+,51+,52-/m0/s1. The van der Waals surface area contributed by atoms with Gasteiger partial charge >= 0.3 is 11.9 Å². The van der Waals surface area contributed by atoms with Crippen LogP contribution in [0.15, 0.2) is 42.6 Å². The van der Waals surface area contributed by atoms with Gasteiger partial charge in [-0.1, -0.05) is 72.8 Å². The molecule has 1 saturated heterocycles. The maximum absolute atomic E-state index is 15.6. The predicted octanol–water partition coefficient (Wildman–Crippen LogP) is 10.9. The largest absolute Gasteiger partial charge is 0.481 e. The lowest BCUT2D eigenvalue weighted by Gasteiger charge is -2.73. The van der Waals surface area contributed by atoms with Crippen molar-refractivity contribution in [3.05, 3.63) is 54.0 Å². The molecule has 6 aliphatic carbocycles. The Balaban J connectivity index is 0.962. The van der Waals surface area contributed by atoms with Crippen molar-refractivity contribution >= 4 is 17.8 Å². The van der Waals surface area contributed by atoms with E-state index in [0.29, 0.717) is 41.6 Å². The number of likely N-dealkylation sites (tertiary alicyclic amines) is 1. The van der Waals surface area contributed by atoms with E-state index >= 15 is 4.79 Å². The number of carbonyl (C=O) groups excluding carboxylic acids is 2. The van der Waals surface area contributed by atoms with Crippen LogP contribution in [0.5, 0.6) is 0 Å². The van der Waals surface area contributed by atoms with Crippen LogP contribution in [0, 0.1) is 85.2 Å². The van der Waals surface area contributed by atoms with Crippen molar-refractivity contribution < 1.29 is 24.2 Å². The molecule has 9 heteroatoms. The van der Waals surface area contributed by atoms with Crippen molar-refractivity contribution in [2.45, 2.75) is 151 Å². The topological polar surface area (TPSA) is 136 Å². The summed E-state index contributed by atoms with van der Waals surface area (Å²) in [5.41, 5.74) is 2.87. The number of carboxylic acids is 1. The van der Waals surface area contributed by atoms with E-state index in [9.17, 15) is 20.0 Å². The van der Waals surface area contributed by atoms with E-state index in [1.165, 1.54) is 5.57 Å². The number of ether oxygens (including phenoxy) is 1. The van der Waals surface area contributed by atoms with Crippen molar-refractivity contribution in [3.8, 4) is 17.3 Å². The van der Waals surface area contributed by atoms with E-state index in [4.69, 9.17) is 9.72 Å². The zero-order valence-corrected chi connectivity index (χ0v) is 38.1. The van der Waals surface area contributed by atoms with Gasteiger partial charge in [0.1, 0.15) is 11.9 Å². The second kappa shape index (κ2) is 14.3. The number of imidazole rings is 1. The van der Waals surface area contributed by atoms with E-state index < -0.39 is 22.7 Å². The maximum Gasteiger partial charge on any atom is 0.309 e. The van der Waals surface area contributed by atoms with E-state index in [1.807, 2.05) is 44.3 Å². The molecule has 9 nitrogen and oxygen atoms in total. The highest BCUT2D eigenvalue weighted by atomic mass is 16.5. The fourth-order valence-electron chi connectivity index (χ4n) is 16.6. The number of amides is 1. The zero-order chi connectivity index (χ0) is 43.7. The normalized spacial score (nSPS) is 41.8. The number of rotatable bonds is 7. The first-order valence-corrected chi connectivity index (χ1v) is 23.7. The molecule has 9 rings (SSSR count). The summed E-state index contributed by atoms with van der Waals surface area (Å²) in [6.07, 6.45) is 14.3. The molecular formula is C52H70N4O5. The highest BCUT2D eigenvalue weighted by molar-refractivity contribution is 5.85. The maximum atomic E-state index is 15.6. The first-order chi connectivity index (χ1) is 28.7. The number of aromatic nitrogens is 2. The van der Waals surface area contributed by atoms with Crippen molar-refractivity contribution in [2.24, 2.45) is 73.9 Å². The van der Waals surface area contributed by atoms with Gasteiger partial charge in [0.2, 0.25) is 5.91 Å². The molecule has 328 valence electrons. The van der Waals surface area contributed by atoms with Crippen molar-refractivity contribution in [1.29, 1.82) is 5.26 Å². The Morgan fingerprint density at radius 1 is 0.869 bits per heavy atom. The fraction of sp³-hybridized carbons (Fsp3) is 0.712. The van der Waals surface area contributed by atoms with Crippen LogP contribution in [0.1, 0.15) is 156 Å². The van der Waals surface area contributed by atoms with Crippen LogP contribution in [0.2, 0.25) is 0 Å². The number of benzene rings is 1. The molecule has 7 aliphatic rings. The molecule has 0 spiro atoms. The van der Waals surface area contributed by atoms with Gasteiger partial charge in [-0.05, 0) is 159 Å². The molecular weight excluding hydrogens is 761 g/mol. The molecule has 6 saturated carbocycles. The monoisotopic (exact) mass is 831 g/mol. The Morgan fingerprint density at radius 3 is 2.28 bits per heavy atom. The van der Waals surface area contributed by atoms with Crippen LogP contribution in [0.4, 0.5) is 0 Å². The van der Waals surface area contributed by atoms with Crippen LogP contribution >= 0.6 is 0 Å². The summed E-state index contributed by atoms with van der Waals surface area (Å²) >= 11 is 0. The molecule has 1 aliphatic heterocycles. The van der Waals surface area contributed by atoms with Gasteiger partial charge in [-0.25, -0.2) is 4.98 Å². The second-order valence-electron chi connectivity index (χ2n) is 23.2. The minimum atomic E-state index is -0.823. The number of esters is 1. The molecule has 61 heavy (non-hydrogen) atoms. The number of nitriles is 1. The minimum Gasteiger partial charge on any atom is -0.481 e. The molecule has 1 aromatic heterocycles. The van der Waals surface area contributed by atoms with Gasteiger partial charge < -0.3 is 19.7 Å². The molecule has 2 aromatic rings. The lowest BCUT2D eigenvalue weighted by atomic mass is 9.32. The van der Waals surface area contributed by atoms with Crippen LogP contribution < -0.4 is 0 Å². The third-order valence-corrected chi connectivity index (χ3v) is 20.3. The number of hydrogen-bond acceptors (Lipinski definition) is 6. The second-order valence-corrected chi connectivity index (χ2v) is 23.2. The highest BCUT2D eigenvalue weighted by Gasteiger charge is 2.72. The summed E-state index contributed by atoms with van der Waals surface area (Å²) in [4.78, 5) is 51.8. The Morgan fingerprint density at radius 2 is 1.61 bits per heavy atom. The average molecular weight is 831 g/mol. The number of aliphatic carboxylic acids is 1. The Labute approximate surface area is 363 Å². The lowest BCUT2D eigenvalue weighted by molar-refractivity contribution is -0.251. The number of carbonyl (C=O) groups is 3. The molecule has 13 atom stereocenters. The van der Waals surface area contributed by atoms with Gasteiger partial charge in [-0.15, -0.1) is 0 Å². The van der Waals surface area contributed by atoms with Crippen molar-refractivity contribution in [1.82, 2.24) is 14.9 Å². The summed E-state index contributed by atoms with van der Waals surface area (Å²) in [5.74, 6) is 1.30. The van der Waals surface area contributed by atoms with Gasteiger partial charge in [0.15, 0.2) is 0 Å². The average Bonchev–Trinajstić information content (AvgIpc) is 3.98. The zero-order valence-electron chi connectivity index (χ0n) is 38.1. The number of fused-ring (bicyclic) bond motifs is 7. The summed E-state index contributed by atoms with van der Waals surface area (Å²) in [5, 5.41) is 19.0. The summed E-state index contributed by atoms with van der Waals surface area (Å²) in [7, 11) is 0. The first-order valence-electron chi connectivity index (χ1n) is 23.7. The number of nitrogens with zero attached hydrogens (tertiary/aromatic N) is 3. The van der Waals surface area contributed by atoms with E-state index in [-0.39, 0.29) is 51.6 Å². The van der Waals surface area contributed by atoms with Crippen molar-refractivity contribution in [3.63, 3.8) is 0 Å². The Hall–Kier alpha value is -3.93. The van der Waals surface area contributed by atoms with Gasteiger partial charge in [0.05, 0.1) is 46.8 Å². The van der Waals surface area contributed by atoms with Crippen LogP contribution in [0.3, 0.4) is 0 Å². The molecule has 1 amide bonds. The van der Waals surface area contributed by atoms with Gasteiger partial charge in [0.25, 0.3) is 0 Å². The minimum absolute atomic E-state index is 0.0741. The van der Waals surface area contributed by atoms with Gasteiger partial charge in [0, 0.05) is 12.0 Å². The lowest BCUT2D eigenvalue weighted by Crippen LogP contribution is -2.67. The summed E-state index contributed by atoms with van der Waals surface area (Å²) in [6.45, 7) is 23.9. The van der Waals surface area contributed by atoms with E-state index in [1.54, 1.807) is 0 Å². The number of allylic oxidation sites excluding steroid dienone is 1. The first kappa shape index (κ1) is 42.4. The Kier molecular flexibility index (Phi) is 9.93. The van der Waals surface area contributed by atoms with Gasteiger partial charge in [-0.3, -0.25) is 14.4 Å².